The first kappa shape index (κ1) is 41.0. The standard InChI is InChI=1S/C31H58N8O4.2ClH/c1-2-3-4-5-6-7-8-9-10-11-12-13-14-15-23-42-26-21-20-22(27(26)43-23)25(29(41)37-17-19-39-31(34)35)24(21)28(40)36-16-18-38-30(32)33;;/h21-27H,2-20H2,1H3,(H,36,40)(H,37,41)(H4,32,33,38)(H4,34,35,39);2*1H. The maximum Gasteiger partial charge on any atom is 0.224 e. The molecule has 2 amide bonds. The second kappa shape index (κ2) is 22.5. The fraction of sp³-hybridized carbons (Fsp3) is 0.871. The van der Waals surface area contributed by atoms with Gasteiger partial charge in [-0.2, -0.15) is 0 Å². The summed E-state index contributed by atoms with van der Waals surface area (Å²) in [4.78, 5) is 34.5. The normalized spacial score (nSPS) is 25.8. The zero-order chi connectivity index (χ0) is 31.0. The highest BCUT2D eigenvalue weighted by atomic mass is 35.5. The minimum absolute atomic E-state index is 0. The van der Waals surface area contributed by atoms with Crippen LogP contribution in [0.5, 0.6) is 0 Å². The molecular formula is C31H60Cl2N8O4. The van der Waals surface area contributed by atoms with E-state index in [0.717, 1.165) is 19.3 Å². The van der Waals surface area contributed by atoms with E-state index in [1.54, 1.807) is 0 Å². The second-order valence-electron chi connectivity index (χ2n) is 12.5. The van der Waals surface area contributed by atoms with Gasteiger partial charge >= 0.3 is 0 Å². The highest BCUT2D eigenvalue weighted by molar-refractivity contribution is 5.89. The molecule has 14 heteroatoms. The van der Waals surface area contributed by atoms with Gasteiger partial charge in [0.15, 0.2) is 18.2 Å². The molecule has 6 unspecified atom stereocenters. The molecule has 45 heavy (non-hydrogen) atoms. The lowest BCUT2D eigenvalue weighted by molar-refractivity contribution is -0.140. The first-order valence-corrected chi connectivity index (χ1v) is 16.8. The van der Waals surface area contributed by atoms with Crippen molar-refractivity contribution in [3.63, 3.8) is 0 Å². The van der Waals surface area contributed by atoms with Crippen LogP contribution < -0.4 is 33.6 Å². The summed E-state index contributed by atoms with van der Waals surface area (Å²) >= 11 is 0. The van der Waals surface area contributed by atoms with Gasteiger partial charge in [0.25, 0.3) is 0 Å². The minimum atomic E-state index is -0.507. The summed E-state index contributed by atoms with van der Waals surface area (Å²) in [6, 6.07) is 0. The van der Waals surface area contributed by atoms with Gasteiger partial charge in [-0.3, -0.25) is 19.6 Å². The van der Waals surface area contributed by atoms with Gasteiger partial charge in [0.05, 0.1) is 37.1 Å². The Hall–Kier alpha value is -2.02. The Balaban J connectivity index is 0.00000506. The zero-order valence-electron chi connectivity index (χ0n) is 27.1. The van der Waals surface area contributed by atoms with E-state index in [1.807, 2.05) is 0 Å². The number of amides is 2. The molecule has 2 saturated carbocycles. The third-order valence-electron chi connectivity index (χ3n) is 9.20. The molecule has 3 aliphatic rings. The van der Waals surface area contributed by atoms with Crippen molar-refractivity contribution in [3.05, 3.63) is 0 Å². The van der Waals surface area contributed by atoms with E-state index in [2.05, 4.69) is 27.5 Å². The van der Waals surface area contributed by atoms with Crippen LogP contribution >= 0.6 is 24.8 Å². The summed E-state index contributed by atoms with van der Waals surface area (Å²) in [5, 5.41) is 5.83. The molecule has 1 saturated heterocycles. The number of unbranched alkanes of at least 4 members (excludes halogenated alkanes) is 12. The van der Waals surface area contributed by atoms with E-state index < -0.39 is 11.8 Å². The number of hydrogen-bond donors (Lipinski definition) is 6. The number of rotatable bonds is 22. The van der Waals surface area contributed by atoms with E-state index in [0.29, 0.717) is 0 Å². The highest BCUT2D eigenvalue weighted by Gasteiger charge is 2.66. The quantitative estimate of drug-likeness (QED) is 0.0568. The maximum atomic E-state index is 13.3. The second-order valence-corrected chi connectivity index (χ2v) is 12.5. The summed E-state index contributed by atoms with van der Waals surface area (Å²) in [6.07, 6.45) is 18.0. The van der Waals surface area contributed by atoms with E-state index in [4.69, 9.17) is 32.4 Å². The van der Waals surface area contributed by atoms with Crippen LogP contribution in [0.1, 0.15) is 103 Å². The van der Waals surface area contributed by atoms with Crippen LogP contribution in [0.15, 0.2) is 9.98 Å². The smallest absolute Gasteiger partial charge is 0.224 e. The summed E-state index contributed by atoms with van der Waals surface area (Å²) in [5.41, 5.74) is 21.6. The molecule has 1 aliphatic heterocycles. The molecule has 3 rings (SSSR count). The molecule has 3 fully saturated rings. The van der Waals surface area contributed by atoms with Gasteiger partial charge in [0.1, 0.15) is 0 Å². The van der Waals surface area contributed by atoms with E-state index >= 15 is 0 Å². The molecule has 10 N–H and O–H groups in total. The Bertz CT molecular complexity index is 864. The number of aliphatic imine (C=N–C) groups is 2. The molecule has 0 radical (unpaired) electrons. The number of carbonyl (C=O) groups is 2. The van der Waals surface area contributed by atoms with Crippen LogP contribution in [0.3, 0.4) is 0 Å². The molecule has 1 heterocycles. The van der Waals surface area contributed by atoms with Gasteiger partial charge in [-0.1, -0.05) is 84.0 Å². The van der Waals surface area contributed by atoms with Crippen LogP contribution in [0.4, 0.5) is 0 Å². The lowest BCUT2D eigenvalue weighted by atomic mass is 9.75. The molecule has 2 aliphatic carbocycles. The Morgan fingerprint density at radius 2 is 1.02 bits per heavy atom. The SMILES string of the molecule is CCCCCCCCCCCCCCCC1OC2C3CC(C2O1)C(C(=O)NCCN=C(N)N)C3C(=O)NCCN=C(N)N.Cl.Cl. The van der Waals surface area contributed by atoms with Crippen molar-refractivity contribution >= 4 is 48.5 Å². The van der Waals surface area contributed by atoms with Crippen LogP contribution in [0.2, 0.25) is 0 Å². The fourth-order valence-corrected chi connectivity index (χ4v) is 7.19. The topological polar surface area (TPSA) is 205 Å². The maximum absolute atomic E-state index is 13.3. The van der Waals surface area contributed by atoms with Crippen molar-refractivity contribution in [1.29, 1.82) is 0 Å². The van der Waals surface area contributed by atoms with Crippen LogP contribution in [-0.2, 0) is 19.1 Å². The van der Waals surface area contributed by atoms with Crippen molar-refractivity contribution in [2.45, 2.75) is 122 Å². The van der Waals surface area contributed by atoms with Gasteiger partial charge in [-0.15, -0.1) is 24.8 Å². The fourth-order valence-electron chi connectivity index (χ4n) is 7.19. The highest BCUT2D eigenvalue weighted by Crippen LogP contribution is 2.57. The lowest BCUT2D eigenvalue weighted by Gasteiger charge is -2.34. The molecule has 262 valence electrons. The molecule has 0 spiro atoms. The van der Waals surface area contributed by atoms with Gasteiger partial charge in [-0.25, -0.2) is 0 Å². The van der Waals surface area contributed by atoms with Gasteiger partial charge < -0.3 is 43.0 Å². The largest absolute Gasteiger partial charge is 0.370 e. The molecule has 12 nitrogen and oxygen atoms in total. The van der Waals surface area contributed by atoms with Crippen molar-refractivity contribution in [2.75, 3.05) is 26.2 Å². The van der Waals surface area contributed by atoms with E-state index in [1.165, 1.54) is 77.0 Å². The Labute approximate surface area is 282 Å². The predicted octanol–water partition coefficient (Wildman–Crippen LogP) is 3.08. The number of carbonyl (C=O) groups excluding carboxylic acids is 2. The van der Waals surface area contributed by atoms with Crippen molar-refractivity contribution in [2.24, 2.45) is 56.6 Å². The third kappa shape index (κ3) is 13.3. The van der Waals surface area contributed by atoms with Crippen molar-refractivity contribution in [3.8, 4) is 0 Å². The lowest BCUT2D eigenvalue weighted by Crippen LogP contribution is -2.52. The number of ether oxygens (including phenoxy) is 2. The van der Waals surface area contributed by atoms with E-state index in [-0.39, 0.29) is 105 Å². The average molecular weight is 680 g/mol. The molecule has 6 atom stereocenters. The number of fused-ring (bicyclic) bond motifs is 5. The molecule has 2 bridgehead atoms. The zero-order valence-corrected chi connectivity index (χ0v) is 28.8. The third-order valence-corrected chi connectivity index (χ3v) is 9.20. The number of nitrogens with one attached hydrogen (secondary N) is 2. The van der Waals surface area contributed by atoms with Crippen molar-refractivity contribution in [1.82, 2.24) is 10.6 Å². The minimum Gasteiger partial charge on any atom is -0.370 e. The van der Waals surface area contributed by atoms with Crippen LogP contribution in [-0.4, -0.2) is 68.4 Å². The predicted molar refractivity (Wildman–Crippen MR) is 184 cm³/mol. The average Bonchev–Trinajstić information content (AvgIpc) is 3.66. The molecule has 0 aromatic heterocycles. The summed E-state index contributed by atoms with van der Waals surface area (Å²) in [5.74, 6) is -1.58. The van der Waals surface area contributed by atoms with Crippen molar-refractivity contribution < 1.29 is 19.1 Å². The monoisotopic (exact) mass is 678 g/mol. The van der Waals surface area contributed by atoms with Crippen LogP contribution in [0.25, 0.3) is 0 Å². The van der Waals surface area contributed by atoms with Gasteiger partial charge in [-0.05, 0) is 19.3 Å². The number of halogens is 2. The Kier molecular flexibility index (Phi) is 20.5. The van der Waals surface area contributed by atoms with Gasteiger partial charge in [0.2, 0.25) is 11.8 Å². The number of hydrogen-bond acceptors (Lipinski definition) is 6. The Morgan fingerprint density at radius 3 is 1.40 bits per heavy atom. The molecule has 0 aromatic rings. The molecule has 0 aromatic carbocycles. The first-order chi connectivity index (χ1) is 20.8. The molecular weight excluding hydrogens is 619 g/mol. The Morgan fingerprint density at radius 1 is 0.644 bits per heavy atom. The number of guanidine groups is 2. The number of nitrogens with two attached hydrogens (primary N) is 4. The summed E-state index contributed by atoms with van der Waals surface area (Å²) in [6.45, 7) is 3.39. The number of nitrogens with zero attached hydrogens (tertiary/aromatic N) is 2. The van der Waals surface area contributed by atoms with Crippen LogP contribution in [0, 0.1) is 23.7 Å². The summed E-state index contributed by atoms with van der Waals surface area (Å²) in [7, 11) is 0. The van der Waals surface area contributed by atoms with E-state index in [9.17, 15) is 9.59 Å². The first-order valence-electron chi connectivity index (χ1n) is 16.8. The summed E-state index contributed by atoms with van der Waals surface area (Å²) < 4.78 is 12.8. The van der Waals surface area contributed by atoms with Gasteiger partial charge in [0, 0.05) is 24.9 Å².